The van der Waals surface area contributed by atoms with Crippen molar-refractivity contribution in [1.29, 1.82) is 0 Å². The standard InChI is InChI=1S/C26H23ClN6O2S/c27-18-5-3-7-20-23(18)24(32-31-20)30-25(35)21-14-36-26(29-21)15-8-10-33(11-9-15)22(34)12-16-13-28-19-6-2-1-4-17(16)19/h1-7,13-15,28H,8-12H2,(H2,30,31,32,35). The number of carbonyl (C=O) groups excluding carboxylic acids is 2. The van der Waals surface area contributed by atoms with E-state index in [1.54, 1.807) is 11.4 Å². The summed E-state index contributed by atoms with van der Waals surface area (Å²) in [5.74, 6) is 0.436. The van der Waals surface area contributed by atoms with Crippen molar-refractivity contribution >= 4 is 62.4 Å². The number of halogens is 1. The van der Waals surface area contributed by atoms with Crippen LogP contribution in [0, 0.1) is 0 Å². The number of rotatable bonds is 5. The number of fused-ring (bicyclic) bond motifs is 2. The maximum absolute atomic E-state index is 12.9. The van der Waals surface area contributed by atoms with Gasteiger partial charge in [-0.05, 0) is 36.6 Å². The number of piperidine rings is 1. The van der Waals surface area contributed by atoms with Crippen LogP contribution in [-0.4, -0.2) is 50.0 Å². The molecule has 5 aromatic rings. The molecule has 1 fully saturated rings. The van der Waals surface area contributed by atoms with E-state index in [-0.39, 0.29) is 17.7 Å². The van der Waals surface area contributed by atoms with Crippen LogP contribution in [-0.2, 0) is 11.2 Å². The molecule has 3 aromatic heterocycles. The van der Waals surface area contributed by atoms with E-state index in [0.29, 0.717) is 41.4 Å². The number of hydrogen-bond donors (Lipinski definition) is 3. The fourth-order valence-electron chi connectivity index (χ4n) is 4.80. The maximum Gasteiger partial charge on any atom is 0.276 e. The van der Waals surface area contributed by atoms with Crippen molar-refractivity contribution in [2.45, 2.75) is 25.2 Å². The molecular formula is C26H23ClN6O2S. The van der Waals surface area contributed by atoms with Gasteiger partial charge >= 0.3 is 0 Å². The average Bonchev–Trinajstić information content (AvgIpc) is 3.64. The van der Waals surface area contributed by atoms with Crippen molar-refractivity contribution in [3.63, 3.8) is 0 Å². The fraction of sp³-hybridized carbons (Fsp3) is 0.231. The van der Waals surface area contributed by atoms with Gasteiger partial charge in [0.25, 0.3) is 5.91 Å². The highest BCUT2D eigenvalue weighted by Crippen LogP contribution is 2.32. The Kier molecular flexibility index (Phi) is 5.94. The second-order valence-electron chi connectivity index (χ2n) is 8.95. The Balaban J connectivity index is 1.07. The SMILES string of the molecule is O=C(Nc1n[nH]c2cccc(Cl)c12)c1csc(C2CCN(C(=O)Cc3c[nH]c4ccccc34)CC2)n1. The Morgan fingerprint density at radius 3 is 2.78 bits per heavy atom. The van der Waals surface area contributed by atoms with Crippen LogP contribution in [0.5, 0.6) is 0 Å². The number of aromatic amines is 2. The van der Waals surface area contributed by atoms with Gasteiger partial charge in [-0.15, -0.1) is 11.3 Å². The van der Waals surface area contributed by atoms with Gasteiger partial charge in [-0.3, -0.25) is 14.7 Å². The van der Waals surface area contributed by atoms with Crippen molar-refractivity contribution in [2.24, 2.45) is 0 Å². The number of hydrogen-bond acceptors (Lipinski definition) is 5. The lowest BCUT2D eigenvalue weighted by Gasteiger charge is -2.31. The minimum Gasteiger partial charge on any atom is -0.361 e. The zero-order valence-electron chi connectivity index (χ0n) is 19.3. The smallest absolute Gasteiger partial charge is 0.276 e. The summed E-state index contributed by atoms with van der Waals surface area (Å²) in [5, 5.41) is 14.9. The molecule has 2 amide bonds. The van der Waals surface area contributed by atoms with Gasteiger partial charge in [0, 0.05) is 41.5 Å². The molecule has 0 atom stereocenters. The third-order valence-corrected chi connectivity index (χ3v) is 8.06. The van der Waals surface area contributed by atoms with Crippen molar-refractivity contribution in [3.05, 3.63) is 75.3 Å². The second kappa shape index (κ2) is 9.40. The molecule has 0 radical (unpaired) electrons. The number of anilines is 1. The number of amides is 2. The molecule has 0 unspecified atom stereocenters. The normalized spacial score (nSPS) is 14.5. The number of thiazole rings is 1. The van der Waals surface area contributed by atoms with Crippen LogP contribution in [0.1, 0.15) is 39.8 Å². The van der Waals surface area contributed by atoms with Gasteiger partial charge in [-0.25, -0.2) is 4.98 Å². The number of aromatic nitrogens is 4. The summed E-state index contributed by atoms with van der Waals surface area (Å²) in [6.07, 6.45) is 3.97. The molecule has 36 heavy (non-hydrogen) atoms. The Bertz CT molecular complexity index is 1580. The van der Waals surface area contributed by atoms with E-state index < -0.39 is 0 Å². The topological polar surface area (TPSA) is 107 Å². The number of para-hydroxylation sites is 1. The third kappa shape index (κ3) is 4.25. The van der Waals surface area contributed by atoms with Crippen molar-refractivity contribution < 1.29 is 9.59 Å². The molecule has 6 rings (SSSR count). The number of benzene rings is 2. The predicted octanol–water partition coefficient (Wildman–Crippen LogP) is 5.36. The molecule has 10 heteroatoms. The molecule has 0 saturated carbocycles. The van der Waals surface area contributed by atoms with Crippen LogP contribution in [0.15, 0.2) is 54.0 Å². The molecular weight excluding hydrogens is 496 g/mol. The first-order chi connectivity index (χ1) is 17.6. The van der Waals surface area contributed by atoms with Gasteiger partial charge in [-0.2, -0.15) is 5.10 Å². The van der Waals surface area contributed by atoms with E-state index in [1.807, 2.05) is 47.5 Å². The molecule has 0 spiro atoms. The summed E-state index contributed by atoms with van der Waals surface area (Å²) in [5.41, 5.74) is 3.18. The maximum atomic E-state index is 12.9. The fourth-order valence-corrected chi connectivity index (χ4v) is 6.04. The first-order valence-electron chi connectivity index (χ1n) is 11.8. The second-order valence-corrected chi connectivity index (χ2v) is 10.2. The zero-order valence-corrected chi connectivity index (χ0v) is 20.8. The van der Waals surface area contributed by atoms with E-state index in [2.05, 4.69) is 25.5 Å². The van der Waals surface area contributed by atoms with Crippen LogP contribution >= 0.6 is 22.9 Å². The highest BCUT2D eigenvalue weighted by molar-refractivity contribution is 7.10. The number of nitrogens with zero attached hydrogens (tertiary/aromatic N) is 3. The van der Waals surface area contributed by atoms with Gasteiger partial charge < -0.3 is 15.2 Å². The summed E-state index contributed by atoms with van der Waals surface area (Å²) < 4.78 is 0. The van der Waals surface area contributed by atoms with E-state index in [4.69, 9.17) is 11.6 Å². The molecule has 2 aromatic carbocycles. The summed E-state index contributed by atoms with van der Waals surface area (Å²) in [4.78, 5) is 35.6. The summed E-state index contributed by atoms with van der Waals surface area (Å²) in [7, 11) is 0. The Labute approximate surface area is 215 Å². The van der Waals surface area contributed by atoms with Crippen LogP contribution in [0.4, 0.5) is 5.82 Å². The van der Waals surface area contributed by atoms with E-state index >= 15 is 0 Å². The number of carbonyl (C=O) groups is 2. The minimum absolute atomic E-state index is 0.141. The van der Waals surface area contributed by atoms with Crippen LogP contribution < -0.4 is 5.32 Å². The van der Waals surface area contributed by atoms with E-state index in [0.717, 1.165) is 39.8 Å². The van der Waals surface area contributed by atoms with Gasteiger partial charge in [-0.1, -0.05) is 35.9 Å². The average molecular weight is 519 g/mol. The molecule has 0 aliphatic carbocycles. The Hall–Kier alpha value is -3.69. The van der Waals surface area contributed by atoms with Crippen LogP contribution in [0.3, 0.4) is 0 Å². The van der Waals surface area contributed by atoms with Crippen LogP contribution in [0.2, 0.25) is 5.02 Å². The molecule has 1 aliphatic rings. The van der Waals surface area contributed by atoms with E-state index in [9.17, 15) is 9.59 Å². The third-order valence-electron chi connectivity index (χ3n) is 6.74. The van der Waals surface area contributed by atoms with Gasteiger partial charge in [0.15, 0.2) is 5.82 Å². The zero-order chi connectivity index (χ0) is 24.6. The molecule has 1 aliphatic heterocycles. The summed E-state index contributed by atoms with van der Waals surface area (Å²) in [6.45, 7) is 1.37. The summed E-state index contributed by atoms with van der Waals surface area (Å²) >= 11 is 7.77. The lowest BCUT2D eigenvalue weighted by molar-refractivity contribution is -0.131. The van der Waals surface area contributed by atoms with Crippen molar-refractivity contribution in [1.82, 2.24) is 25.1 Å². The highest BCUT2D eigenvalue weighted by atomic mass is 35.5. The molecule has 0 bridgehead atoms. The monoisotopic (exact) mass is 518 g/mol. The van der Waals surface area contributed by atoms with E-state index in [1.165, 1.54) is 11.3 Å². The Morgan fingerprint density at radius 1 is 1.11 bits per heavy atom. The first-order valence-corrected chi connectivity index (χ1v) is 13.0. The number of likely N-dealkylation sites (tertiary alicyclic amines) is 1. The molecule has 3 N–H and O–H groups in total. The van der Waals surface area contributed by atoms with Crippen molar-refractivity contribution in [2.75, 3.05) is 18.4 Å². The Morgan fingerprint density at radius 2 is 1.92 bits per heavy atom. The molecule has 1 saturated heterocycles. The van der Waals surface area contributed by atoms with Gasteiger partial charge in [0.1, 0.15) is 5.69 Å². The molecule has 4 heterocycles. The molecule has 182 valence electrons. The molecule has 8 nitrogen and oxygen atoms in total. The van der Waals surface area contributed by atoms with Gasteiger partial charge in [0.2, 0.25) is 5.91 Å². The number of H-pyrrole nitrogens is 2. The predicted molar refractivity (Wildman–Crippen MR) is 142 cm³/mol. The van der Waals surface area contributed by atoms with Gasteiger partial charge in [0.05, 0.1) is 27.4 Å². The highest BCUT2D eigenvalue weighted by Gasteiger charge is 2.27. The summed E-state index contributed by atoms with van der Waals surface area (Å²) in [6, 6.07) is 13.5. The number of nitrogens with one attached hydrogen (secondary N) is 3. The first kappa shape index (κ1) is 22.8. The van der Waals surface area contributed by atoms with Crippen LogP contribution in [0.25, 0.3) is 21.8 Å². The minimum atomic E-state index is -0.322. The lowest BCUT2D eigenvalue weighted by atomic mass is 9.97. The lowest BCUT2D eigenvalue weighted by Crippen LogP contribution is -2.38. The van der Waals surface area contributed by atoms with Crippen molar-refractivity contribution in [3.8, 4) is 0 Å². The quantitative estimate of drug-likeness (QED) is 0.291. The largest absolute Gasteiger partial charge is 0.361 e.